The highest BCUT2D eigenvalue weighted by molar-refractivity contribution is 5.73. The molecule has 2 fully saturated rings. The Balaban J connectivity index is 0.00000385. The number of likely N-dealkylation sites (N-methyl/N-ethyl adjacent to an activating group) is 1. The Hall–Kier alpha value is -1.46. The third-order valence-corrected chi connectivity index (χ3v) is 7.06. The molecule has 9 nitrogen and oxygen atoms in total. The zero-order valence-corrected chi connectivity index (χ0v) is 20.1. The smallest absolute Gasteiger partial charge is 0.335 e. The van der Waals surface area contributed by atoms with Gasteiger partial charge in [0, 0.05) is 0 Å². The fourth-order valence-corrected chi connectivity index (χ4v) is 5.15. The Morgan fingerprint density at radius 1 is 1.09 bits per heavy atom. The topological polar surface area (TPSA) is 137 Å². The van der Waals surface area contributed by atoms with Gasteiger partial charge in [-0.3, -0.25) is 0 Å². The number of quaternary nitrogens is 1. The molecule has 33 heavy (non-hydrogen) atoms. The van der Waals surface area contributed by atoms with Crippen LogP contribution in [0.15, 0.2) is 24.3 Å². The van der Waals surface area contributed by atoms with Crippen molar-refractivity contribution in [3.63, 3.8) is 0 Å². The van der Waals surface area contributed by atoms with E-state index in [4.69, 9.17) is 9.47 Å². The van der Waals surface area contributed by atoms with Crippen LogP contribution in [-0.2, 0) is 9.53 Å². The molecule has 0 bridgehead atoms. The summed E-state index contributed by atoms with van der Waals surface area (Å²) in [7, 11) is 5.11. The van der Waals surface area contributed by atoms with E-state index in [9.17, 15) is 30.3 Å². The number of aliphatic carboxylic acids is 1. The van der Waals surface area contributed by atoms with Crippen LogP contribution < -0.4 is 17.1 Å². The summed E-state index contributed by atoms with van der Waals surface area (Å²) >= 11 is 0. The van der Waals surface area contributed by atoms with Gasteiger partial charge in [0.05, 0.1) is 39.3 Å². The number of ether oxygens (including phenoxy) is 2. The molecule has 6 unspecified atom stereocenters. The molecular weight excluding hydrogens is 454 g/mol. The maximum absolute atomic E-state index is 11.6. The van der Waals surface area contributed by atoms with Crippen LogP contribution >= 0.6 is 0 Å². The second kappa shape index (κ2) is 10.9. The summed E-state index contributed by atoms with van der Waals surface area (Å²) in [6.45, 7) is 0.319. The van der Waals surface area contributed by atoms with Gasteiger partial charge in [-0.25, -0.2) is 4.79 Å². The first-order chi connectivity index (χ1) is 15.0. The summed E-state index contributed by atoms with van der Waals surface area (Å²) < 4.78 is 10.9. The molecule has 1 aromatic carbocycles. The van der Waals surface area contributed by atoms with Crippen molar-refractivity contribution < 1.29 is 56.7 Å². The van der Waals surface area contributed by atoms with Crippen LogP contribution in [0.2, 0.25) is 0 Å². The number of carboxylic acid groups (broad SMARTS) is 1. The fraction of sp³-hybridized carbons (Fsp3) is 0.696. The summed E-state index contributed by atoms with van der Waals surface area (Å²) in [5, 5.41) is 52.0. The average Bonchev–Trinajstić information content (AvgIpc) is 2.76. The van der Waals surface area contributed by atoms with Crippen LogP contribution in [-0.4, -0.2) is 100.0 Å². The largest absolute Gasteiger partial charge is 1.00 e. The van der Waals surface area contributed by atoms with Crippen molar-refractivity contribution in [2.24, 2.45) is 0 Å². The van der Waals surface area contributed by atoms with Crippen molar-refractivity contribution >= 4 is 5.97 Å². The third-order valence-electron chi connectivity index (χ3n) is 7.06. The van der Waals surface area contributed by atoms with E-state index >= 15 is 0 Å². The van der Waals surface area contributed by atoms with Crippen molar-refractivity contribution in [3.05, 3.63) is 29.8 Å². The molecule has 0 radical (unpaired) electrons. The minimum Gasteiger partial charge on any atom is -1.00 e. The maximum Gasteiger partial charge on any atom is 0.335 e. The molecule has 3 rings (SSSR count). The molecular formula is C23H36ClNO8. The van der Waals surface area contributed by atoms with E-state index in [1.165, 1.54) is 0 Å². The normalized spacial score (nSPS) is 30.7. The summed E-state index contributed by atoms with van der Waals surface area (Å²) in [5.74, 6) is -1.04. The molecule has 6 atom stereocenters. The number of aliphatic hydroxyl groups is 4. The number of carbonyl (C=O) groups is 1. The lowest BCUT2D eigenvalue weighted by Gasteiger charge is -2.49. The Morgan fingerprint density at radius 2 is 1.67 bits per heavy atom. The first-order valence-corrected chi connectivity index (χ1v) is 11.1. The van der Waals surface area contributed by atoms with Gasteiger partial charge in [0.2, 0.25) is 6.23 Å². The monoisotopic (exact) mass is 489 g/mol. The standard InChI is InChI=1S/C23H35NO8.ClH/c1-24(2,21-19(27)17(25)18(26)20(32-21)22(28)29)13-16(23(30)11-5-4-6-12-23)14-7-9-15(31-3)10-8-14;/h7-10,16-21,25-27,30H,4-6,11-13H2,1-3H3;1H. The fourth-order valence-electron chi connectivity index (χ4n) is 5.15. The van der Waals surface area contributed by atoms with E-state index in [1.807, 2.05) is 24.3 Å². The molecule has 2 aliphatic rings. The Labute approximate surface area is 200 Å². The highest BCUT2D eigenvalue weighted by atomic mass is 35.5. The summed E-state index contributed by atoms with van der Waals surface area (Å²) in [6, 6.07) is 7.49. The summed E-state index contributed by atoms with van der Waals surface area (Å²) in [4.78, 5) is 11.6. The third kappa shape index (κ3) is 5.79. The molecule has 1 aromatic rings. The molecule has 0 aromatic heterocycles. The van der Waals surface area contributed by atoms with Crippen LogP contribution in [0.5, 0.6) is 5.75 Å². The molecule has 1 saturated heterocycles. The second-order valence-corrected chi connectivity index (χ2v) is 9.71. The van der Waals surface area contributed by atoms with Crippen LogP contribution in [0.25, 0.3) is 0 Å². The predicted octanol–water partition coefficient (Wildman–Crippen LogP) is -2.55. The molecule has 1 aliphatic heterocycles. The molecule has 1 aliphatic carbocycles. The number of rotatable bonds is 7. The van der Waals surface area contributed by atoms with E-state index in [2.05, 4.69) is 0 Å². The quantitative estimate of drug-likeness (QED) is 0.264. The molecule has 0 amide bonds. The van der Waals surface area contributed by atoms with E-state index in [0.29, 0.717) is 25.1 Å². The van der Waals surface area contributed by atoms with Crippen molar-refractivity contribution in [2.75, 3.05) is 27.7 Å². The van der Waals surface area contributed by atoms with Gasteiger partial charge in [-0.1, -0.05) is 31.4 Å². The van der Waals surface area contributed by atoms with Gasteiger partial charge >= 0.3 is 5.97 Å². The van der Waals surface area contributed by atoms with Gasteiger partial charge in [-0.2, -0.15) is 0 Å². The molecule has 0 spiro atoms. The highest BCUT2D eigenvalue weighted by Crippen LogP contribution is 2.42. The average molecular weight is 490 g/mol. The van der Waals surface area contributed by atoms with Crippen LogP contribution in [0, 0.1) is 0 Å². The highest BCUT2D eigenvalue weighted by Gasteiger charge is 2.54. The number of nitrogens with zero attached hydrogens (tertiary/aromatic N) is 1. The zero-order chi connectivity index (χ0) is 23.7. The Morgan fingerprint density at radius 3 is 2.18 bits per heavy atom. The van der Waals surface area contributed by atoms with E-state index in [0.717, 1.165) is 24.8 Å². The van der Waals surface area contributed by atoms with Crippen molar-refractivity contribution in [1.29, 1.82) is 0 Å². The molecule has 1 heterocycles. The SMILES string of the molecule is COc1ccc(C(C[N+](C)(C)C2OC(C(=O)O)C(O)C(O)C2O)C2(O)CCCCC2)cc1.[Cl-]. The lowest BCUT2D eigenvalue weighted by molar-refractivity contribution is -0.946. The molecule has 10 heteroatoms. The molecule has 1 saturated carbocycles. The summed E-state index contributed by atoms with van der Waals surface area (Å²) in [6.07, 6.45) is -3.51. The Kier molecular flexibility index (Phi) is 9.14. The number of hydrogen-bond acceptors (Lipinski definition) is 7. The van der Waals surface area contributed by atoms with E-state index in [1.54, 1.807) is 21.2 Å². The Bertz CT molecular complexity index is 783. The van der Waals surface area contributed by atoms with Gasteiger partial charge < -0.3 is 51.9 Å². The van der Waals surface area contributed by atoms with Gasteiger partial charge in [0.25, 0.3) is 0 Å². The van der Waals surface area contributed by atoms with Crippen LogP contribution in [0.4, 0.5) is 0 Å². The van der Waals surface area contributed by atoms with Crippen LogP contribution in [0.1, 0.15) is 43.6 Å². The number of methoxy groups -OCH3 is 1. The van der Waals surface area contributed by atoms with E-state index in [-0.39, 0.29) is 22.8 Å². The lowest BCUT2D eigenvalue weighted by atomic mass is 9.72. The number of hydrogen-bond donors (Lipinski definition) is 5. The number of carboxylic acids is 1. The second-order valence-electron chi connectivity index (χ2n) is 9.71. The van der Waals surface area contributed by atoms with Gasteiger partial charge in [0.15, 0.2) is 12.2 Å². The minimum absolute atomic E-state index is 0. The van der Waals surface area contributed by atoms with Gasteiger partial charge in [-0.15, -0.1) is 0 Å². The van der Waals surface area contributed by atoms with Crippen molar-refractivity contribution in [3.8, 4) is 5.75 Å². The first kappa shape index (κ1) is 27.8. The maximum atomic E-state index is 11.6. The van der Waals surface area contributed by atoms with Crippen molar-refractivity contribution in [1.82, 2.24) is 0 Å². The summed E-state index contributed by atoms with van der Waals surface area (Å²) in [5.41, 5.74) is -0.0613. The molecule has 5 N–H and O–H groups in total. The number of benzene rings is 1. The van der Waals surface area contributed by atoms with Gasteiger partial charge in [0.1, 0.15) is 18.0 Å². The minimum atomic E-state index is -1.74. The van der Waals surface area contributed by atoms with Gasteiger partial charge in [-0.05, 0) is 30.5 Å². The first-order valence-electron chi connectivity index (χ1n) is 11.1. The van der Waals surface area contributed by atoms with Crippen molar-refractivity contribution in [2.45, 2.75) is 74.3 Å². The lowest BCUT2D eigenvalue weighted by Crippen LogP contribution is -3.00. The van der Waals surface area contributed by atoms with Crippen LogP contribution in [0.3, 0.4) is 0 Å². The number of halogens is 1. The zero-order valence-electron chi connectivity index (χ0n) is 19.3. The predicted molar refractivity (Wildman–Crippen MR) is 115 cm³/mol. The number of aliphatic hydroxyl groups excluding tert-OH is 3. The molecule has 188 valence electrons. The van der Waals surface area contributed by atoms with E-state index < -0.39 is 42.2 Å².